The van der Waals surface area contributed by atoms with E-state index in [4.69, 9.17) is 0 Å². The van der Waals surface area contributed by atoms with E-state index in [1.165, 1.54) is 36.0 Å². The minimum atomic E-state index is -0.354. The Kier molecular flexibility index (Phi) is 5.87. The molecular formula is C23H28Si. The van der Waals surface area contributed by atoms with Crippen molar-refractivity contribution in [2.45, 2.75) is 46.0 Å². The van der Waals surface area contributed by atoms with Crippen LogP contribution in [0.5, 0.6) is 0 Å². The van der Waals surface area contributed by atoms with Crippen LogP contribution in [-0.2, 0) is 12.8 Å². The molecule has 1 aliphatic rings. The summed E-state index contributed by atoms with van der Waals surface area (Å²) in [7, 11) is -0.354. The van der Waals surface area contributed by atoms with Gasteiger partial charge in [-0.15, -0.1) is 0 Å². The van der Waals surface area contributed by atoms with Crippen molar-refractivity contribution in [3.63, 3.8) is 0 Å². The van der Waals surface area contributed by atoms with Crippen LogP contribution in [0.15, 0.2) is 77.0 Å². The molecule has 1 aliphatic carbocycles. The summed E-state index contributed by atoms with van der Waals surface area (Å²) in [5, 5.41) is 3.24. The van der Waals surface area contributed by atoms with Gasteiger partial charge in [-0.2, -0.15) is 0 Å². The van der Waals surface area contributed by atoms with Crippen molar-refractivity contribution < 1.29 is 0 Å². The molecule has 0 nitrogen and oxygen atoms in total. The average Bonchev–Trinajstić information content (AvgIpc) is 2.95. The minimum absolute atomic E-state index is 0.354. The Labute approximate surface area is 149 Å². The van der Waals surface area contributed by atoms with E-state index in [1.807, 2.05) is 0 Å². The second-order valence-corrected chi connectivity index (χ2v) is 8.81. The first-order valence-corrected chi connectivity index (χ1v) is 10.7. The summed E-state index contributed by atoms with van der Waals surface area (Å²) in [6, 6.07) is 20.4. The van der Waals surface area contributed by atoms with Crippen LogP contribution in [0.3, 0.4) is 0 Å². The third-order valence-electron chi connectivity index (χ3n) is 5.04. The molecule has 0 fully saturated rings. The molecule has 1 heteroatoms. The Morgan fingerprint density at radius 2 is 1.62 bits per heavy atom. The van der Waals surface area contributed by atoms with Crippen LogP contribution < -0.4 is 5.19 Å². The van der Waals surface area contributed by atoms with Gasteiger partial charge in [-0.3, -0.25) is 0 Å². The summed E-state index contributed by atoms with van der Waals surface area (Å²) in [4.78, 5) is 0. The number of aryl methyl sites for hydroxylation is 1. The molecule has 0 atom stereocenters. The molecule has 0 amide bonds. The standard InChI is InChI=1S/C23H28Si/c1-3-4-8-19-12-14-20(15-13-19)17-21-16-11-18(2)23(21)24-22-9-6-5-7-10-22/h5-7,9-15H,3-4,8,16-17,24H2,1-2H3. The molecular weight excluding hydrogens is 304 g/mol. The second kappa shape index (κ2) is 8.30. The molecule has 2 aromatic rings. The molecule has 0 bridgehead atoms. The van der Waals surface area contributed by atoms with Crippen LogP contribution in [-0.4, -0.2) is 9.52 Å². The highest BCUT2D eigenvalue weighted by atomic mass is 28.2. The predicted molar refractivity (Wildman–Crippen MR) is 109 cm³/mol. The maximum Gasteiger partial charge on any atom is 0.0878 e. The molecule has 2 aromatic carbocycles. The maximum absolute atomic E-state index is 2.43. The third-order valence-corrected chi connectivity index (χ3v) is 7.33. The van der Waals surface area contributed by atoms with Gasteiger partial charge in [-0.05, 0) is 43.7 Å². The van der Waals surface area contributed by atoms with Crippen molar-refractivity contribution in [3.8, 4) is 0 Å². The number of benzene rings is 2. The third kappa shape index (κ3) is 4.36. The van der Waals surface area contributed by atoms with Crippen LogP contribution in [0.25, 0.3) is 0 Å². The fourth-order valence-corrected chi connectivity index (χ4v) is 5.35. The van der Waals surface area contributed by atoms with Crippen molar-refractivity contribution in [2.24, 2.45) is 0 Å². The van der Waals surface area contributed by atoms with Gasteiger partial charge in [-0.25, -0.2) is 0 Å². The lowest BCUT2D eigenvalue weighted by Crippen LogP contribution is -2.17. The highest BCUT2D eigenvalue weighted by molar-refractivity contribution is 6.62. The van der Waals surface area contributed by atoms with Crippen molar-refractivity contribution in [1.29, 1.82) is 0 Å². The zero-order chi connectivity index (χ0) is 16.8. The topological polar surface area (TPSA) is 0 Å². The highest BCUT2D eigenvalue weighted by Gasteiger charge is 2.15. The van der Waals surface area contributed by atoms with Crippen molar-refractivity contribution >= 4 is 14.7 Å². The van der Waals surface area contributed by atoms with E-state index in [1.54, 1.807) is 16.0 Å². The SMILES string of the molecule is CCCCc1ccc(CC2=C([SiH2]c3ccccc3)C(C)=CC2)cc1. The summed E-state index contributed by atoms with van der Waals surface area (Å²) in [6.45, 7) is 4.56. The van der Waals surface area contributed by atoms with Gasteiger partial charge < -0.3 is 0 Å². The van der Waals surface area contributed by atoms with E-state index < -0.39 is 0 Å². The molecule has 0 aromatic heterocycles. The molecule has 0 N–H and O–H groups in total. The van der Waals surface area contributed by atoms with Crippen LogP contribution in [0.4, 0.5) is 0 Å². The fourth-order valence-electron chi connectivity index (χ4n) is 3.50. The fraction of sp³-hybridized carbons (Fsp3) is 0.304. The van der Waals surface area contributed by atoms with E-state index in [0.29, 0.717) is 0 Å². The Morgan fingerprint density at radius 3 is 2.33 bits per heavy atom. The molecule has 0 radical (unpaired) electrons. The van der Waals surface area contributed by atoms with Gasteiger partial charge in [0.05, 0.1) is 9.52 Å². The predicted octanol–water partition coefficient (Wildman–Crippen LogP) is 4.67. The van der Waals surface area contributed by atoms with E-state index in [2.05, 4.69) is 74.5 Å². The molecule has 0 heterocycles. The molecule has 3 rings (SSSR count). The average molecular weight is 333 g/mol. The summed E-state index contributed by atoms with van der Waals surface area (Å²) >= 11 is 0. The maximum atomic E-state index is 2.43. The van der Waals surface area contributed by atoms with E-state index in [0.717, 1.165) is 12.8 Å². The molecule has 0 saturated heterocycles. The van der Waals surface area contributed by atoms with Gasteiger partial charge in [0.25, 0.3) is 0 Å². The van der Waals surface area contributed by atoms with Gasteiger partial charge in [-0.1, -0.05) is 95.5 Å². The first-order chi connectivity index (χ1) is 11.8. The van der Waals surface area contributed by atoms with Crippen LogP contribution in [0, 0.1) is 0 Å². The molecule has 24 heavy (non-hydrogen) atoms. The summed E-state index contributed by atoms with van der Waals surface area (Å²) in [5.74, 6) is 0. The molecule has 0 aliphatic heterocycles. The number of rotatable bonds is 7. The van der Waals surface area contributed by atoms with Crippen LogP contribution >= 0.6 is 0 Å². The zero-order valence-electron chi connectivity index (χ0n) is 15.0. The summed E-state index contributed by atoms with van der Waals surface area (Å²) < 4.78 is 0. The lowest BCUT2D eigenvalue weighted by atomic mass is 10.0. The lowest BCUT2D eigenvalue weighted by Gasteiger charge is -2.11. The lowest BCUT2D eigenvalue weighted by molar-refractivity contribution is 0.794. The highest BCUT2D eigenvalue weighted by Crippen LogP contribution is 2.28. The molecule has 124 valence electrons. The number of hydrogen-bond donors (Lipinski definition) is 0. The zero-order valence-corrected chi connectivity index (χ0v) is 16.4. The van der Waals surface area contributed by atoms with Crippen molar-refractivity contribution in [2.75, 3.05) is 0 Å². The van der Waals surface area contributed by atoms with E-state index >= 15 is 0 Å². The largest absolute Gasteiger partial charge is 0.0878 e. The first-order valence-electron chi connectivity index (χ1n) is 9.26. The number of hydrogen-bond acceptors (Lipinski definition) is 0. The quantitative estimate of drug-likeness (QED) is 0.646. The van der Waals surface area contributed by atoms with Gasteiger partial charge in [0.2, 0.25) is 0 Å². The molecule has 0 unspecified atom stereocenters. The summed E-state index contributed by atoms with van der Waals surface area (Å²) in [5.41, 5.74) is 6.13. The van der Waals surface area contributed by atoms with Crippen molar-refractivity contribution in [1.82, 2.24) is 0 Å². The normalized spacial score (nSPS) is 14.7. The van der Waals surface area contributed by atoms with Gasteiger partial charge in [0, 0.05) is 0 Å². The molecule has 0 saturated carbocycles. The smallest absolute Gasteiger partial charge is 0.0776 e. The summed E-state index contributed by atoms with van der Waals surface area (Å²) in [6.07, 6.45) is 8.48. The number of unbranched alkanes of at least 4 members (excludes halogenated alkanes) is 1. The Morgan fingerprint density at radius 1 is 0.917 bits per heavy atom. The van der Waals surface area contributed by atoms with Gasteiger partial charge in [0.1, 0.15) is 0 Å². The number of allylic oxidation sites excluding steroid dienone is 4. The monoisotopic (exact) mass is 332 g/mol. The molecule has 0 spiro atoms. The Hall–Kier alpha value is -1.86. The van der Waals surface area contributed by atoms with E-state index in [9.17, 15) is 0 Å². The Balaban J connectivity index is 1.72. The minimum Gasteiger partial charge on any atom is -0.0776 e. The van der Waals surface area contributed by atoms with Gasteiger partial charge >= 0.3 is 0 Å². The Bertz CT molecular complexity index is 720. The van der Waals surface area contributed by atoms with Gasteiger partial charge in [0.15, 0.2) is 0 Å². The second-order valence-electron chi connectivity index (χ2n) is 6.93. The first kappa shape index (κ1) is 17.0. The van der Waals surface area contributed by atoms with Crippen LogP contribution in [0.2, 0.25) is 0 Å². The van der Waals surface area contributed by atoms with Crippen LogP contribution in [0.1, 0.15) is 44.2 Å². The van der Waals surface area contributed by atoms with Crippen molar-refractivity contribution in [3.05, 3.63) is 88.1 Å². The van der Waals surface area contributed by atoms with E-state index in [-0.39, 0.29) is 9.52 Å².